The van der Waals surface area contributed by atoms with Crippen LogP contribution in [-0.2, 0) is 20.6 Å². The average Bonchev–Trinajstić information content (AvgIpc) is 3.34. The van der Waals surface area contributed by atoms with E-state index >= 15 is 0 Å². The van der Waals surface area contributed by atoms with Crippen molar-refractivity contribution in [3.63, 3.8) is 0 Å². The third-order valence-corrected chi connectivity index (χ3v) is 6.11. The van der Waals surface area contributed by atoms with Crippen LogP contribution in [0.2, 0.25) is 0 Å². The van der Waals surface area contributed by atoms with Crippen molar-refractivity contribution in [2.75, 3.05) is 13.7 Å². The van der Waals surface area contributed by atoms with E-state index in [0.717, 1.165) is 23.6 Å². The minimum atomic E-state index is -1.71. The molecule has 1 fully saturated rings. The van der Waals surface area contributed by atoms with E-state index in [1.165, 1.54) is 12.1 Å². The number of Topliss-reactive ketones (excluding diaryl/α,β-unsaturated/α-hetero) is 1. The number of phenolic OH excluding ortho intramolecular Hbond substituents is 1. The molecule has 2 unspecified atom stereocenters. The molecule has 1 aromatic heterocycles. The van der Waals surface area contributed by atoms with Crippen LogP contribution in [0.4, 0.5) is 4.79 Å². The smallest absolute Gasteiger partial charge is 0.507 e. The lowest BCUT2D eigenvalue weighted by Gasteiger charge is -2.40. The zero-order valence-electron chi connectivity index (χ0n) is 20.2. The normalized spacial score (nSPS) is 23.5. The zero-order chi connectivity index (χ0) is 26.7. The Kier molecular flexibility index (Phi) is 7.98. The van der Waals surface area contributed by atoms with Crippen molar-refractivity contribution in [1.82, 2.24) is 0 Å². The molecule has 4 rings (SSSR count). The summed E-state index contributed by atoms with van der Waals surface area (Å²) in [4.78, 5) is 24.5. The van der Waals surface area contributed by atoms with E-state index in [1.54, 1.807) is 13.2 Å². The summed E-state index contributed by atoms with van der Waals surface area (Å²) >= 11 is 0. The third-order valence-electron chi connectivity index (χ3n) is 6.11. The Labute approximate surface area is 211 Å². The van der Waals surface area contributed by atoms with Gasteiger partial charge in [0.2, 0.25) is 6.29 Å². The second-order valence-electron chi connectivity index (χ2n) is 8.77. The van der Waals surface area contributed by atoms with Crippen molar-refractivity contribution in [3.8, 4) is 11.5 Å². The van der Waals surface area contributed by atoms with Gasteiger partial charge < -0.3 is 43.8 Å². The highest BCUT2D eigenvalue weighted by molar-refractivity contribution is 6.01. The molecule has 1 aliphatic heterocycles. The summed E-state index contributed by atoms with van der Waals surface area (Å²) in [6, 6.07) is 10.3. The number of carbonyl (C=O) groups excluding carboxylic acids is 2. The number of carbonyl (C=O) groups is 2. The highest BCUT2D eigenvalue weighted by atomic mass is 16.7. The van der Waals surface area contributed by atoms with E-state index in [4.69, 9.17) is 18.6 Å². The van der Waals surface area contributed by atoms with Gasteiger partial charge in [0.05, 0.1) is 13.4 Å². The molecule has 0 amide bonds. The topological polar surface area (TPSA) is 165 Å². The summed E-state index contributed by atoms with van der Waals surface area (Å²) in [5.41, 5.74) is 2.07. The molecule has 0 bridgehead atoms. The Morgan fingerprint density at radius 3 is 2.57 bits per heavy atom. The maximum Gasteiger partial charge on any atom is 0.508 e. The van der Waals surface area contributed by atoms with Gasteiger partial charge in [-0.25, -0.2) is 4.79 Å². The minimum Gasteiger partial charge on any atom is -0.507 e. The third kappa shape index (κ3) is 5.86. The first-order valence-electron chi connectivity index (χ1n) is 11.6. The van der Waals surface area contributed by atoms with Gasteiger partial charge in [0.25, 0.3) is 0 Å². The Morgan fingerprint density at radius 1 is 1.03 bits per heavy atom. The molecule has 0 radical (unpaired) electrons. The van der Waals surface area contributed by atoms with Crippen molar-refractivity contribution >= 4 is 22.9 Å². The van der Waals surface area contributed by atoms with Crippen LogP contribution in [0.3, 0.4) is 0 Å². The number of phenols is 1. The number of rotatable bonds is 8. The van der Waals surface area contributed by atoms with Crippen molar-refractivity contribution in [1.29, 1.82) is 0 Å². The lowest BCUT2D eigenvalue weighted by Crippen LogP contribution is -2.60. The molecule has 0 spiro atoms. The zero-order valence-corrected chi connectivity index (χ0v) is 20.2. The number of hydrogen-bond acceptors (Lipinski definition) is 11. The molecule has 198 valence electrons. The summed E-state index contributed by atoms with van der Waals surface area (Å²) in [7, 11) is 1.10. The number of aryl methyl sites for hydroxylation is 2. The predicted octanol–water partition coefficient (Wildman–Crippen LogP) is 2.23. The van der Waals surface area contributed by atoms with Gasteiger partial charge in [-0.05, 0) is 54.8 Å². The standard InChI is InChI=1S/C26H28O11/c1-13-9-17(28)21(16(27)5-3-14-4-6-18-15(11-14)7-8-34-18)19(10-13)36-25-24(31)23(30)22(29)20(37-25)12-35-26(32)33-2/h4,6-11,20,22-25,28-31H,3,5,12H2,1-2H3/t20-,22-,23?,24-,25?/m1/s1. The second kappa shape index (κ2) is 11.2. The van der Waals surface area contributed by atoms with Crippen LogP contribution in [0.25, 0.3) is 11.0 Å². The van der Waals surface area contributed by atoms with Crippen LogP contribution >= 0.6 is 0 Å². The molecule has 11 heteroatoms. The predicted molar refractivity (Wildman–Crippen MR) is 127 cm³/mol. The highest BCUT2D eigenvalue weighted by Gasteiger charge is 2.46. The number of methoxy groups -OCH3 is 1. The van der Waals surface area contributed by atoms with Gasteiger partial charge in [-0.2, -0.15) is 0 Å². The molecule has 2 heterocycles. The summed E-state index contributed by atoms with van der Waals surface area (Å²) in [6.45, 7) is 1.17. The van der Waals surface area contributed by atoms with E-state index in [9.17, 15) is 30.0 Å². The Balaban J connectivity index is 1.52. The van der Waals surface area contributed by atoms with Crippen LogP contribution in [0.1, 0.15) is 27.9 Å². The van der Waals surface area contributed by atoms with E-state index in [1.807, 2.05) is 24.3 Å². The summed E-state index contributed by atoms with van der Waals surface area (Å²) in [5, 5.41) is 42.5. The molecule has 11 nitrogen and oxygen atoms in total. The van der Waals surface area contributed by atoms with Gasteiger partial charge in [0, 0.05) is 11.8 Å². The fourth-order valence-electron chi connectivity index (χ4n) is 4.15. The number of aliphatic hydroxyl groups is 3. The van der Waals surface area contributed by atoms with Gasteiger partial charge >= 0.3 is 6.16 Å². The molecule has 4 N–H and O–H groups in total. The lowest BCUT2D eigenvalue weighted by atomic mass is 9.98. The van der Waals surface area contributed by atoms with Crippen LogP contribution in [0, 0.1) is 6.92 Å². The minimum absolute atomic E-state index is 0.0430. The van der Waals surface area contributed by atoms with Gasteiger partial charge in [0.1, 0.15) is 53.7 Å². The average molecular weight is 516 g/mol. The van der Waals surface area contributed by atoms with Crippen LogP contribution in [0.5, 0.6) is 11.5 Å². The molecule has 0 saturated carbocycles. The number of benzene rings is 2. The number of aromatic hydroxyl groups is 1. The van der Waals surface area contributed by atoms with Gasteiger partial charge in [0.15, 0.2) is 5.78 Å². The largest absolute Gasteiger partial charge is 0.508 e. The van der Waals surface area contributed by atoms with Gasteiger partial charge in [-0.3, -0.25) is 4.79 Å². The summed E-state index contributed by atoms with van der Waals surface area (Å²) in [6.07, 6.45) is -6.86. The Morgan fingerprint density at radius 2 is 1.81 bits per heavy atom. The maximum atomic E-state index is 13.2. The highest BCUT2D eigenvalue weighted by Crippen LogP contribution is 2.34. The second-order valence-corrected chi connectivity index (χ2v) is 8.77. The quantitative estimate of drug-likeness (QED) is 0.256. The number of hydrogen-bond donors (Lipinski definition) is 4. The van der Waals surface area contributed by atoms with E-state index in [0.29, 0.717) is 12.0 Å². The molecule has 3 aromatic rings. The Bertz CT molecular complexity index is 1270. The van der Waals surface area contributed by atoms with Crippen molar-refractivity contribution < 1.29 is 53.4 Å². The van der Waals surface area contributed by atoms with Crippen LogP contribution < -0.4 is 4.74 Å². The Hall–Kier alpha value is -3.64. The molecule has 1 aliphatic rings. The lowest BCUT2D eigenvalue weighted by molar-refractivity contribution is -0.277. The number of furan rings is 1. The maximum absolute atomic E-state index is 13.2. The first kappa shape index (κ1) is 26.4. The molecular formula is C26H28O11. The first-order valence-corrected chi connectivity index (χ1v) is 11.6. The molecule has 0 aliphatic carbocycles. The first-order chi connectivity index (χ1) is 17.7. The van der Waals surface area contributed by atoms with Crippen molar-refractivity contribution in [3.05, 3.63) is 59.4 Å². The number of ketones is 1. The number of ether oxygens (including phenoxy) is 4. The van der Waals surface area contributed by atoms with Gasteiger partial charge in [-0.15, -0.1) is 0 Å². The summed E-state index contributed by atoms with van der Waals surface area (Å²) < 4.78 is 25.8. The molecule has 5 atom stereocenters. The van der Waals surface area contributed by atoms with Crippen LogP contribution in [0.15, 0.2) is 47.1 Å². The van der Waals surface area contributed by atoms with E-state index < -0.39 is 49.3 Å². The van der Waals surface area contributed by atoms with Crippen LogP contribution in [-0.4, -0.2) is 76.8 Å². The summed E-state index contributed by atoms with van der Waals surface area (Å²) in [5.74, 6) is -0.814. The molecule has 2 aromatic carbocycles. The number of aliphatic hydroxyl groups excluding tert-OH is 3. The fraction of sp³-hybridized carbons (Fsp3) is 0.385. The fourth-order valence-corrected chi connectivity index (χ4v) is 4.15. The molecule has 37 heavy (non-hydrogen) atoms. The molecule has 1 saturated heterocycles. The SMILES string of the molecule is COC(=O)OC[C@H]1OC(Oc2cc(C)cc(O)c2C(=O)CCc2ccc3occc3c2)[C@H](O)C(O)[C@@H]1O. The van der Waals surface area contributed by atoms with E-state index in [-0.39, 0.29) is 23.5 Å². The van der Waals surface area contributed by atoms with Gasteiger partial charge in [-0.1, -0.05) is 6.07 Å². The van der Waals surface area contributed by atoms with Crippen molar-refractivity contribution in [2.45, 2.75) is 50.5 Å². The monoisotopic (exact) mass is 516 g/mol. The van der Waals surface area contributed by atoms with E-state index in [2.05, 4.69) is 4.74 Å². The number of fused-ring (bicyclic) bond motifs is 1. The van der Waals surface area contributed by atoms with Crippen molar-refractivity contribution in [2.24, 2.45) is 0 Å². The molecular weight excluding hydrogens is 488 g/mol.